The Morgan fingerprint density at radius 3 is 2.41 bits per heavy atom. The average Bonchev–Trinajstić information content (AvgIpc) is 2.38. The van der Waals surface area contributed by atoms with E-state index >= 15 is 0 Å². The SMILES string of the molecule is COc1ccc(-c2cccc(N)n2)cc1OC. The van der Waals surface area contributed by atoms with Crippen molar-refractivity contribution >= 4 is 5.82 Å². The zero-order valence-electron chi connectivity index (χ0n) is 9.81. The molecule has 0 aliphatic heterocycles. The molecule has 2 aromatic rings. The monoisotopic (exact) mass is 230 g/mol. The van der Waals surface area contributed by atoms with Crippen LogP contribution in [0.1, 0.15) is 0 Å². The molecule has 0 saturated carbocycles. The van der Waals surface area contributed by atoms with Crippen molar-refractivity contribution in [1.29, 1.82) is 0 Å². The summed E-state index contributed by atoms with van der Waals surface area (Å²) >= 11 is 0. The molecule has 0 amide bonds. The minimum Gasteiger partial charge on any atom is -0.493 e. The fourth-order valence-electron chi connectivity index (χ4n) is 1.61. The minimum atomic E-state index is 0.497. The van der Waals surface area contributed by atoms with E-state index < -0.39 is 0 Å². The summed E-state index contributed by atoms with van der Waals surface area (Å²) < 4.78 is 10.4. The molecule has 0 spiro atoms. The summed E-state index contributed by atoms with van der Waals surface area (Å²) in [6.07, 6.45) is 0. The van der Waals surface area contributed by atoms with Gasteiger partial charge in [0.2, 0.25) is 0 Å². The van der Waals surface area contributed by atoms with Crippen LogP contribution >= 0.6 is 0 Å². The number of nitrogen functional groups attached to an aromatic ring is 1. The van der Waals surface area contributed by atoms with E-state index in [0.29, 0.717) is 17.3 Å². The van der Waals surface area contributed by atoms with Crippen LogP contribution < -0.4 is 15.2 Å². The Kier molecular flexibility index (Phi) is 3.14. The molecule has 0 aliphatic rings. The fourth-order valence-corrected chi connectivity index (χ4v) is 1.61. The number of anilines is 1. The van der Waals surface area contributed by atoms with Gasteiger partial charge in [0.05, 0.1) is 19.9 Å². The molecule has 0 aliphatic carbocycles. The zero-order valence-corrected chi connectivity index (χ0v) is 9.81. The molecule has 1 heterocycles. The molecule has 4 heteroatoms. The molecular weight excluding hydrogens is 216 g/mol. The van der Waals surface area contributed by atoms with Crippen molar-refractivity contribution in [2.24, 2.45) is 0 Å². The number of pyridine rings is 1. The van der Waals surface area contributed by atoms with Crippen LogP contribution in [-0.4, -0.2) is 19.2 Å². The van der Waals surface area contributed by atoms with Gasteiger partial charge in [-0.15, -0.1) is 0 Å². The van der Waals surface area contributed by atoms with Crippen LogP contribution in [0.4, 0.5) is 5.82 Å². The molecule has 0 fully saturated rings. The van der Waals surface area contributed by atoms with Crippen molar-refractivity contribution in [3.8, 4) is 22.8 Å². The molecule has 0 saturated heterocycles. The Morgan fingerprint density at radius 1 is 1.00 bits per heavy atom. The van der Waals surface area contributed by atoms with E-state index in [1.54, 1.807) is 20.3 Å². The number of hydrogen-bond acceptors (Lipinski definition) is 4. The molecule has 2 rings (SSSR count). The quantitative estimate of drug-likeness (QED) is 0.879. The Balaban J connectivity index is 2.46. The molecule has 0 bridgehead atoms. The lowest BCUT2D eigenvalue weighted by Gasteiger charge is -2.09. The molecule has 0 unspecified atom stereocenters. The van der Waals surface area contributed by atoms with Crippen LogP contribution in [0.2, 0.25) is 0 Å². The maximum atomic E-state index is 5.66. The molecule has 1 aromatic heterocycles. The van der Waals surface area contributed by atoms with Crippen LogP contribution in [0.3, 0.4) is 0 Å². The highest BCUT2D eigenvalue weighted by molar-refractivity contribution is 5.65. The largest absolute Gasteiger partial charge is 0.493 e. The van der Waals surface area contributed by atoms with Gasteiger partial charge in [-0.05, 0) is 30.3 Å². The van der Waals surface area contributed by atoms with Crippen molar-refractivity contribution in [3.63, 3.8) is 0 Å². The smallest absolute Gasteiger partial charge is 0.161 e. The van der Waals surface area contributed by atoms with Gasteiger partial charge in [-0.2, -0.15) is 0 Å². The summed E-state index contributed by atoms with van der Waals surface area (Å²) in [6, 6.07) is 11.2. The summed E-state index contributed by atoms with van der Waals surface area (Å²) in [5.74, 6) is 1.87. The van der Waals surface area contributed by atoms with E-state index in [1.807, 2.05) is 30.3 Å². The normalized spacial score (nSPS) is 10.0. The molecule has 4 nitrogen and oxygen atoms in total. The number of nitrogens with two attached hydrogens (primary N) is 1. The number of ether oxygens (including phenoxy) is 2. The highest BCUT2D eigenvalue weighted by Gasteiger charge is 2.06. The first-order valence-corrected chi connectivity index (χ1v) is 5.19. The lowest BCUT2D eigenvalue weighted by atomic mass is 10.1. The van der Waals surface area contributed by atoms with Crippen molar-refractivity contribution in [2.45, 2.75) is 0 Å². The van der Waals surface area contributed by atoms with Crippen molar-refractivity contribution < 1.29 is 9.47 Å². The van der Waals surface area contributed by atoms with Crippen LogP contribution in [0.5, 0.6) is 11.5 Å². The number of aromatic nitrogens is 1. The van der Waals surface area contributed by atoms with E-state index in [2.05, 4.69) is 4.98 Å². The third-order valence-electron chi connectivity index (χ3n) is 2.45. The maximum absolute atomic E-state index is 5.66. The summed E-state index contributed by atoms with van der Waals surface area (Å²) in [6.45, 7) is 0. The highest BCUT2D eigenvalue weighted by Crippen LogP contribution is 2.31. The van der Waals surface area contributed by atoms with Gasteiger partial charge in [0.15, 0.2) is 11.5 Å². The van der Waals surface area contributed by atoms with Crippen molar-refractivity contribution in [3.05, 3.63) is 36.4 Å². The number of benzene rings is 1. The predicted octanol–water partition coefficient (Wildman–Crippen LogP) is 2.35. The van der Waals surface area contributed by atoms with E-state index in [-0.39, 0.29) is 0 Å². The fraction of sp³-hybridized carbons (Fsp3) is 0.154. The molecule has 88 valence electrons. The lowest BCUT2D eigenvalue weighted by Crippen LogP contribution is -1.93. The van der Waals surface area contributed by atoms with Gasteiger partial charge in [-0.3, -0.25) is 0 Å². The average molecular weight is 230 g/mol. The second-order valence-corrected chi connectivity index (χ2v) is 3.52. The van der Waals surface area contributed by atoms with Crippen LogP contribution in [-0.2, 0) is 0 Å². The third-order valence-corrected chi connectivity index (χ3v) is 2.45. The summed E-state index contributed by atoms with van der Waals surface area (Å²) in [4.78, 5) is 4.26. The van der Waals surface area contributed by atoms with E-state index in [4.69, 9.17) is 15.2 Å². The predicted molar refractivity (Wildman–Crippen MR) is 67.2 cm³/mol. The summed E-state index contributed by atoms with van der Waals surface area (Å²) in [5, 5.41) is 0. The van der Waals surface area contributed by atoms with E-state index in [1.165, 1.54) is 0 Å². The van der Waals surface area contributed by atoms with Crippen molar-refractivity contribution in [2.75, 3.05) is 20.0 Å². The summed E-state index contributed by atoms with van der Waals surface area (Å²) in [7, 11) is 3.21. The minimum absolute atomic E-state index is 0.497. The Hall–Kier alpha value is -2.23. The Bertz CT molecular complexity index is 527. The summed E-state index contributed by atoms with van der Waals surface area (Å²) in [5.41, 5.74) is 7.41. The third kappa shape index (κ3) is 2.30. The van der Waals surface area contributed by atoms with Gasteiger partial charge >= 0.3 is 0 Å². The zero-order chi connectivity index (χ0) is 12.3. The number of nitrogens with zero attached hydrogens (tertiary/aromatic N) is 1. The van der Waals surface area contributed by atoms with Gasteiger partial charge < -0.3 is 15.2 Å². The lowest BCUT2D eigenvalue weighted by molar-refractivity contribution is 0.355. The molecule has 1 aromatic carbocycles. The Labute approximate surface area is 100 Å². The number of hydrogen-bond donors (Lipinski definition) is 1. The molecule has 0 radical (unpaired) electrons. The van der Waals surface area contributed by atoms with Gasteiger partial charge in [0, 0.05) is 5.56 Å². The van der Waals surface area contributed by atoms with Crippen LogP contribution in [0.25, 0.3) is 11.3 Å². The van der Waals surface area contributed by atoms with Gasteiger partial charge in [0.25, 0.3) is 0 Å². The second-order valence-electron chi connectivity index (χ2n) is 3.52. The van der Waals surface area contributed by atoms with Crippen LogP contribution in [0, 0.1) is 0 Å². The first-order valence-electron chi connectivity index (χ1n) is 5.19. The van der Waals surface area contributed by atoms with Gasteiger partial charge in [-0.25, -0.2) is 4.98 Å². The first-order chi connectivity index (χ1) is 8.24. The van der Waals surface area contributed by atoms with E-state index in [0.717, 1.165) is 11.3 Å². The second kappa shape index (κ2) is 4.74. The molecular formula is C13H14N2O2. The van der Waals surface area contributed by atoms with Crippen molar-refractivity contribution in [1.82, 2.24) is 4.98 Å². The standard InChI is InChI=1S/C13H14N2O2/c1-16-11-7-6-9(8-12(11)17-2)10-4-3-5-13(14)15-10/h3-8H,1-2H3,(H2,14,15). The molecule has 2 N–H and O–H groups in total. The highest BCUT2D eigenvalue weighted by atomic mass is 16.5. The first kappa shape index (κ1) is 11.3. The topological polar surface area (TPSA) is 57.4 Å². The van der Waals surface area contributed by atoms with Gasteiger partial charge in [-0.1, -0.05) is 6.07 Å². The molecule has 0 atom stereocenters. The van der Waals surface area contributed by atoms with Crippen LogP contribution in [0.15, 0.2) is 36.4 Å². The maximum Gasteiger partial charge on any atom is 0.161 e. The number of methoxy groups -OCH3 is 2. The molecule has 17 heavy (non-hydrogen) atoms. The number of rotatable bonds is 3. The van der Waals surface area contributed by atoms with E-state index in [9.17, 15) is 0 Å². The Morgan fingerprint density at radius 2 is 1.76 bits per heavy atom. The van der Waals surface area contributed by atoms with Gasteiger partial charge in [0.1, 0.15) is 5.82 Å².